The van der Waals surface area contributed by atoms with Crippen molar-refractivity contribution >= 4 is 12.0 Å². The highest BCUT2D eigenvalue weighted by atomic mass is 16.4. The van der Waals surface area contributed by atoms with Crippen molar-refractivity contribution in [3.05, 3.63) is 42.0 Å². The van der Waals surface area contributed by atoms with Crippen molar-refractivity contribution in [3.63, 3.8) is 0 Å². The lowest BCUT2D eigenvalue weighted by atomic mass is 9.99. The number of carbonyl (C=O) groups is 1. The monoisotopic (exact) mass is 206 g/mol. The summed E-state index contributed by atoms with van der Waals surface area (Å²) in [5.41, 5.74) is -0.902. The third kappa shape index (κ3) is 2.92. The van der Waals surface area contributed by atoms with Crippen LogP contribution in [0.5, 0.6) is 0 Å². The van der Waals surface area contributed by atoms with Crippen molar-refractivity contribution < 1.29 is 15.0 Å². The molecule has 0 spiro atoms. The molecule has 1 aromatic rings. The van der Waals surface area contributed by atoms with Crippen molar-refractivity contribution in [2.75, 3.05) is 0 Å². The zero-order valence-corrected chi connectivity index (χ0v) is 8.55. The second-order valence-electron chi connectivity index (χ2n) is 3.33. The predicted molar refractivity (Wildman–Crippen MR) is 58.4 cm³/mol. The highest BCUT2D eigenvalue weighted by Crippen LogP contribution is 2.14. The highest BCUT2D eigenvalue weighted by molar-refractivity contribution is 5.81. The number of hydrogen-bond donors (Lipinski definition) is 2. The standard InChI is InChI=1S/C12H14O3/c1-2-12(15,11(13)14)9-8-10-6-4-3-5-7-10/h3-9,15H,2H2,1H3,(H,13,14)/b9-8+. The highest BCUT2D eigenvalue weighted by Gasteiger charge is 2.30. The van der Waals surface area contributed by atoms with Crippen LogP contribution >= 0.6 is 0 Å². The van der Waals surface area contributed by atoms with Gasteiger partial charge >= 0.3 is 5.97 Å². The molecule has 0 saturated carbocycles. The van der Waals surface area contributed by atoms with Crippen molar-refractivity contribution in [2.24, 2.45) is 0 Å². The summed E-state index contributed by atoms with van der Waals surface area (Å²) in [4.78, 5) is 10.8. The zero-order valence-electron chi connectivity index (χ0n) is 8.55. The van der Waals surface area contributed by atoms with Crippen molar-refractivity contribution in [1.29, 1.82) is 0 Å². The summed E-state index contributed by atoms with van der Waals surface area (Å²) in [6.45, 7) is 1.63. The molecule has 80 valence electrons. The van der Waals surface area contributed by atoms with Gasteiger partial charge in [-0.1, -0.05) is 43.3 Å². The molecule has 1 atom stereocenters. The topological polar surface area (TPSA) is 57.5 Å². The van der Waals surface area contributed by atoms with Gasteiger partial charge in [0.15, 0.2) is 5.60 Å². The molecule has 0 bridgehead atoms. The zero-order chi connectivity index (χ0) is 11.3. The van der Waals surface area contributed by atoms with Gasteiger partial charge in [-0.25, -0.2) is 4.79 Å². The van der Waals surface area contributed by atoms with Gasteiger partial charge in [-0.15, -0.1) is 0 Å². The average Bonchev–Trinajstić information content (AvgIpc) is 2.27. The van der Waals surface area contributed by atoms with E-state index in [0.29, 0.717) is 0 Å². The van der Waals surface area contributed by atoms with Crippen LogP contribution in [0.1, 0.15) is 18.9 Å². The number of aliphatic carboxylic acids is 1. The molecule has 1 unspecified atom stereocenters. The molecule has 0 radical (unpaired) electrons. The first-order chi connectivity index (χ1) is 7.08. The smallest absolute Gasteiger partial charge is 0.339 e. The van der Waals surface area contributed by atoms with E-state index in [2.05, 4.69) is 0 Å². The van der Waals surface area contributed by atoms with Gasteiger partial charge in [0, 0.05) is 0 Å². The van der Waals surface area contributed by atoms with Crippen LogP contribution < -0.4 is 0 Å². The molecule has 0 aliphatic rings. The molecular formula is C12H14O3. The minimum atomic E-state index is -1.77. The molecule has 2 N–H and O–H groups in total. The Morgan fingerprint density at radius 2 is 2.00 bits per heavy atom. The molecule has 0 saturated heterocycles. The maximum atomic E-state index is 10.8. The van der Waals surface area contributed by atoms with Crippen molar-refractivity contribution in [2.45, 2.75) is 18.9 Å². The summed E-state index contributed by atoms with van der Waals surface area (Å²) in [6, 6.07) is 9.26. The van der Waals surface area contributed by atoms with Gasteiger partial charge < -0.3 is 10.2 Å². The fourth-order valence-electron chi connectivity index (χ4n) is 1.14. The Labute approximate surface area is 88.7 Å². The number of benzene rings is 1. The molecular weight excluding hydrogens is 192 g/mol. The van der Waals surface area contributed by atoms with Gasteiger partial charge in [-0.05, 0) is 18.1 Å². The summed E-state index contributed by atoms with van der Waals surface area (Å²) in [5, 5.41) is 18.5. The van der Waals surface area contributed by atoms with Crippen LogP contribution in [-0.4, -0.2) is 21.8 Å². The second kappa shape index (κ2) is 4.75. The molecule has 0 aromatic heterocycles. The molecule has 0 heterocycles. The summed E-state index contributed by atoms with van der Waals surface area (Å²) in [5.74, 6) is -1.22. The molecule has 0 amide bonds. The van der Waals surface area contributed by atoms with Gasteiger partial charge in [0.2, 0.25) is 0 Å². The Morgan fingerprint density at radius 3 is 2.47 bits per heavy atom. The largest absolute Gasteiger partial charge is 0.479 e. The van der Waals surface area contributed by atoms with E-state index in [1.54, 1.807) is 13.0 Å². The van der Waals surface area contributed by atoms with Crippen LogP contribution in [-0.2, 0) is 4.79 Å². The first kappa shape index (κ1) is 11.5. The molecule has 1 rings (SSSR count). The minimum Gasteiger partial charge on any atom is -0.479 e. The summed E-state index contributed by atoms with van der Waals surface area (Å²) < 4.78 is 0. The predicted octanol–water partition coefficient (Wildman–Crippen LogP) is 1.93. The molecule has 0 aliphatic carbocycles. The number of carboxylic acid groups (broad SMARTS) is 1. The van der Waals surface area contributed by atoms with E-state index in [1.165, 1.54) is 6.08 Å². The van der Waals surface area contributed by atoms with E-state index in [4.69, 9.17) is 5.11 Å². The Bertz CT molecular complexity index is 356. The van der Waals surface area contributed by atoms with E-state index >= 15 is 0 Å². The Balaban J connectivity index is 2.85. The summed E-state index contributed by atoms with van der Waals surface area (Å²) in [6.07, 6.45) is 3.06. The van der Waals surface area contributed by atoms with Crippen molar-refractivity contribution in [1.82, 2.24) is 0 Å². The molecule has 1 aromatic carbocycles. The lowest BCUT2D eigenvalue weighted by Gasteiger charge is -2.16. The van der Waals surface area contributed by atoms with Crippen molar-refractivity contribution in [3.8, 4) is 0 Å². The van der Waals surface area contributed by atoms with Gasteiger partial charge in [-0.2, -0.15) is 0 Å². The van der Waals surface area contributed by atoms with Crippen LogP contribution in [0.15, 0.2) is 36.4 Å². The average molecular weight is 206 g/mol. The van der Waals surface area contributed by atoms with E-state index in [-0.39, 0.29) is 6.42 Å². The summed E-state index contributed by atoms with van der Waals surface area (Å²) in [7, 11) is 0. The number of rotatable bonds is 4. The molecule has 0 fully saturated rings. The number of hydrogen-bond acceptors (Lipinski definition) is 2. The summed E-state index contributed by atoms with van der Waals surface area (Å²) >= 11 is 0. The first-order valence-electron chi connectivity index (χ1n) is 4.78. The third-order valence-corrected chi connectivity index (χ3v) is 2.26. The van der Waals surface area contributed by atoms with Crippen LogP contribution in [0.3, 0.4) is 0 Å². The fourth-order valence-corrected chi connectivity index (χ4v) is 1.14. The second-order valence-corrected chi connectivity index (χ2v) is 3.33. The maximum absolute atomic E-state index is 10.8. The minimum absolute atomic E-state index is 0.145. The van der Waals surface area contributed by atoms with E-state index in [1.807, 2.05) is 30.3 Å². The quantitative estimate of drug-likeness (QED) is 0.791. The van der Waals surface area contributed by atoms with Gasteiger partial charge in [0.05, 0.1) is 0 Å². The van der Waals surface area contributed by atoms with Gasteiger partial charge in [0.1, 0.15) is 0 Å². The normalized spacial score (nSPS) is 15.1. The Kier molecular flexibility index (Phi) is 3.63. The van der Waals surface area contributed by atoms with Crippen LogP contribution in [0.25, 0.3) is 6.08 Å². The van der Waals surface area contributed by atoms with E-state index < -0.39 is 11.6 Å². The van der Waals surface area contributed by atoms with E-state index in [0.717, 1.165) is 5.56 Å². The molecule has 0 aliphatic heterocycles. The number of carboxylic acids is 1. The Hall–Kier alpha value is -1.61. The van der Waals surface area contributed by atoms with Gasteiger partial charge in [-0.3, -0.25) is 0 Å². The fraction of sp³-hybridized carbons (Fsp3) is 0.250. The Morgan fingerprint density at radius 1 is 1.40 bits per heavy atom. The van der Waals surface area contributed by atoms with Crippen LogP contribution in [0, 0.1) is 0 Å². The molecule has 15 heavy (non-hydrogen) atoms. The first-order valence-corrected chi connectivity index (χ1v) is 4.78. The van der Waals surface area contributed by atoms with Crippen LogP contribution in [0.2, 0.25) is 0 Å². The number of aliphatic hydroxyl groups is 1. The molecule has 3 nitrogen and oxygen atoms in total. The lowest BCUT2D eigenvalue weighted by molar-refractivity contribution is -0.153. The van der Waals surface area contributed by atoms with Gasteiger partial charge in [0.25, 0.3) is 0 Å². The molecule has 3 heteroatoms. The maximum Gasteiger partial charge on any atom is 0.339 e. The SMILES string of the molecule is CCC(O)(/C=C/c1ccccc1)C(=O)O. The van der Waals surface area contributed by atoms with Crippen LogP contribution in [0.4, 0.5) is 0 Å². The van der Waals surface area contributed by atoms with E-state index in [9.17, 15) is 9.90 Å². The third-order valence-electron chi connectivity index (χ3n) is 2.26. The lowest BCUT2D eigenvalue weighted by Crippen LogP contribution is -2.35.